The van der Waals surface area contributed by atoms with Crippen LogP contribution in [-0.2, 0) is 25.4 Å². The highest BCUT2D eigenvalue weighted by Crippen LogP contribution is 2.50. The zero-order valence-corrected chi connectivity index (χ0v) is 20.8. The Morgan fingerprint density at radius 1 is 1.23 bits per heavy atom. The van der Waals surface area contributed by atoms with E-state index in [1.54, 1.807) is 4.57 Å². The minimum atomic E-state index is -0.659. The molecule has 1 aromatic heterocycles. The number of fused-ring (bicyclic) bond motifs is 6. The summed E-state index contributed by atoms with van der Waals surface area (Å²) in [4.78, 5) is 28.3. The van der Waals surface area contributed by atoms with Crippen LogP contribution < -0.4 is 0 Å². The van der Waals surface area contributed by atoms with Gasteiger partial charge in [-0.2, -0.15) is 5.26 Å². The second-order valence-corrected chi connectivity index (χ2v) is 10.7. The van der Waals surface area contributed by atoms with Crippen molar-refractivity contribution in [1.82, 2.24) is 9.47 Å². The minimum Gasteiger partial charge on any atom is -0.497 e. The van der Waals surface area contributed by atoms with Crippen molar-refractivity contribution in [2.24, 2.45) is 11.8 Å². The Bertz CT molecular complexity index is 1260. The quantitative estimate of drug-likeness (QED) is 0.565. The molecule has 4 heterocycles. The molecule has 1 aromatic carbocycles. The summed E-state index contributed by atoms with van der Waals surface area (Å²) >= 11 is 0. The van der Waals surface area contributed by atoms with Gasteiger partial charge in [0.25, 0.3) is 0 Å². The van der Waals surface area contributed by atoms with Crippen molar-refractivity contribution in [3.8, 4) is 6.07 Å². The second-order valence-electron chi connectivity index (χ2n) is 10.7. The van der Waals surface area contributed by atoms with Gasteiger partial charge in [0.05, 0.1) is 48.4 Å². The van der Waals surface area contributed by atoms with Gasteiger partial charge < -0.3 is 14.2 Å². The molecule has 0 radical (unpaired) electrons. The third-order valence-corrected chi connectivity index (χ3v) is 7.51. The van der Waals surface area contributed by atoms with Crippen molar-refractivity contribution < 1.29 is 23.8 Å². The molecule has 3 aliphatic rings. The first-order valence-electron chi connectivity index (χ1n) is 12.1. The molecule has 0 aliphatic carbocycles. The van der Waals surface area contributed by atoms with Crippen molar-refractivity contribution in [3.63, 3.8) is 0 Å². The van der Waals surface area contributed by atoms with Gasteiger partial charge in [-0.3, -0.25) is 4.90 Å². The number of carbonyl (C=O) groups excluding carboxylic acids is 2. The molecule has 8 nitrogen and oxygen atoms in total. The van der Waals surface area contributed by atoms with E-state index >= 15 is 0 Å². The zero-order chi connectivity index (χ0) is 25.1. The van der Waals surface area contributed by atoms with Crippen LogP contribution in [0.3, 0.4) is 0 Å². The molecule has 184 valence electrons. The predicted molar refractivity (Wildman–Crippen MR) is 128 cm³/mol. The number of hydrogen-bond donors (Lipinski definition) is 0. The molecule has 0 amide bonds. The van der Waals surface area contributed by atoms with E-state index in [0.717, 1.165) is 22.2 Å². The van der Waals surface area contributed by atoms with Gasteiger partial charge in [-0.05, 0) is 45.7 Å². The van der Waals surface area contributed by atoms with Crippen LogP contribution in [-0.4, -0.2) is 52.9 Å². The molecular formula is C27H31N3O5. The van der Waals surface area contributed by atoms with Crippen molar-refractivity contribution >= 4 is 23.0 Å². The first kappa shape index (κ1) is 23.4. The Kier molecular flexibility index (Phi) is 5.64. The van der Waals surface area contributed by atoms with Crippen molar-refractivity contribution in [2.45, 2.75) is 64.3 Å². The number of hydrogen-bond acceptors (Lipinski definition) is 7. The number of nitrogens with zero attached hydrogens (tertiary/aromatic N) is 3. The molecular weight excluding hydrogens is 446 g/mol. The number of para-hydroxylation sites is 1. The van der Waals surface area contributed by atoms with Crippen LogP contribution in [0.1, 0.15) is 51.4 Å². The lowest BCUT2D eigenvalue weighted by atomic mass is 9.71. The van der Waals surface area contributed by atoms with E-state index in [1.165, 1.54) is 13.4 Å². The summed E-state index contributed by atoms with van der Waals surface area (Å²) < 4.78 is 18.4. The van der Waals surface area contributed by atoms with E-state index in [4.69, 9.17) is 14.2 Å². The van der Waals surface area contributed by atoms with E-state index in [9.17, 15) is 14.9 Å². The summed E-state index contributed by atoms with van der Waals surface area (Å²) in [7, 11) is 1.37. The van der Waals surface area contributed by atoms with Gasteiger partial charge in [0.15, 0.2) is 0 Å². The van der Waals surface area contributed by atoms with Gasteiger partial charge in [-0.25, -0.2) is 14.2 Å². The van der Waals surface area contributed by atoms with Crippen molar-refractivity contribution in [3.05, 3.63) is 47.4 Å². The Labute approximate surface area is 205 Å². The smallest absolute Gasteiger partial charge is 0.419 e. The summed E-state index contributed by atoms with van der Waals surface area (Å²) in [6, 6.07) is 9.70. The zero-order valence-electron chi connectivity index (χ0n) is 20.8. The topological polar surface area (TPSA) is 93.8 Å². The number of esters is 1. The monoisotopic (exact) mass is 477 g/mol. The van der Waals surface area contributed by atoms with E-state index in [0.29, 0.717) is 25.0 Å². The minimum absolute atomic E-state index is 0.0297. The van der Waals surface area contributed by atoms with Crippen LogP contribution in [0.4, 0.5) is 4.79 Å². The van der Waals surface area contributed by atoms with Gasteiger partial charge in [-0.1, -0.05) is 18.2 Å². The van der Waals surface area contributed by atoms with Crippen LogP contribution >= 0.6 is 0 Å². The Morgan fingerprint density at radius 2 is 1.97 bits per heavy atom. The number of methoxy groups -OCH3 is 1. The Balaban J connectivity index is 1.68. The highest BCUT2D eigenvalue weighted by Gasteiger charge is 2.50. The van der Waals surface area contributed by atoms with Crippen LogP contribution in [0.25, 0.3) is 10.9 Å². The highest BCUT2D eigenvalue weighted by molar-refractivity contribution is 5.94. The Morgan fingerprint density at radius 3 is 2.66 bits per heavy atom. The number of carbonyl (C=O) groups is 2. The lowest BCUT2D eigenvalue weighted by molar-refractivity contribution is -0.139. The number of ether oxygens (including phenoxy) is 3. The molecule has 1 fully saturated rings. The van der Waals surface area contributed by atoms with Gasteiger partial charge >= 0.3 is 12.1 Å². The third-order valence-electron chi connectivity index (χ3n) is 7.51. The van der Waals surface area contributed by atoms with Gasteiger partial charge in [0.2, 0.25) is 0 Å². The van der Waals surface area contributed by atoms with Gasteiger partial charge in [0.1, 0.15) is 11.6 Å². The molecule has 3 aliphatic heterocycles. The summed E-state index contributed by atoms with van der Waals surface area (Å²) in [5.74, 6) is -0.481. The van der Waals surface area contributed by atoms with Crippen molar-refractivity contribution in [2.75, 3.05) is 13.7 Å². The molecule has 5 rings (SSSR count). The van der Waals surface area contributed by atoms with Gasteiger partial charge in [-0.15, -0.1) is 0 Å². The van der Waals surface area contributed by atoms with E-state index in [-0.39, 0.29) is 30.0 Å². The van der Waals surface area contributed by atoms with Crippen LogP contribution in [0.2, 0.25) is 0 Å². The largest absolute Gasteiger partial charge is 0.497 e. The molecule has 0 unspecified atom stereocenters. The van der Waals surface area contributed by atoms with E-state index < -0.39 is 17.7 Å². The van der Waals surface area contributed by atoms with E-state index in [2.05, 4.69) is 11.0 Å². The summed E-state index contributed by atoms with van der Waals surface area (Å²) in [5.41, 5.74) is 2.48. The van der Waals surface area contributed by atoms with Gasteiger partial charge in [0, 0.05) is 30.2 Å². The number of piperidine rings is 1. The average molecular weight is 478 g/mol. The molecule has 0 spiro atoms. The average Bonchev–Trinajstić information content (AvgIpc) is 3.16. The first-order valence-corrected chi connectivity index (χ1v) is 12.1. The number of benzene rings is 1. The molecule has 35 heavy (non-hydrogen) atoms. The van der Waals surface area contributed by atoms with Crippen LogP contribution in [0.5, 0.6) is 0 Å². The molecule has 2 aromatic rings. The normalized spacial score (nSPS) is 28.0. The molecule has 1 saturated heterocycles. The second kappa shape index (κ2) is 8.42. The summed E-state index contributed by atoms with van der Waals surface area (Å²) in [6.07, 6.45) is 2.08. The fourth-order valence-electron chi connectivity index (χ4n) is 6.01. The maximum absolute atomic E-state index is 13.5. The standard InChI is InChI=1S/C27H31N3O5/c1-15-20-13-29-16(12-28)10-19-17-8-6-7-9-22(17)30(26(32)35-27(2,3)4)24(19)23(29)11-18(20)21(14-34-15)25(31)33-5/h6-9,14-16,18,20,23H,10-11,13H2,1-5H3/t15-,16-,18-,20-,23-/m0/s1. The van der Waals surface area contributed by atoms with Crippen LogP contribution in [0, 0.1) is 23.2 Å². The fraction of sp³-hybridized carbons (Fsp3) is 0.519. The van der Waals surface area contributed by atoms with Crippen LogP contribution in [0.15, 0.2) is 36.1 Å². The summed E-state index contributed by atoms with van der Waals surface area (Å²) in [5, 5.41) is 11.1. The lowest BCUT2D eigenvalue weighted by Gasteiger charge is -2.51. The molecule has 0 bridgehead atoms. The predicted octanol–water partition coefficient (Wildman–Crippen LogP) is 4.33. The number of nitriles is 1. The number of rotatable bonds is 1. The fourth-order valence-corrected chi connectivity index (χ4v) is 6.01. The molecule has 0 N–H and O–H groups in total. The first-order chi connectivity index (χ1) is 16.6. The molecule has 0 saturated carbocycles. The molecule has 8 heteroatoms. The number of aromatic nitrogens is 1. The highest BCUT2D eigenvalue weighted by atomic mass is 16.6. The molecule has 5 atom stereocenters. The summed E-state index contributed by atoms with van der Waals surface area (Å²) in [6.45, 7) is 8.13. The third kappa shape index (κ3) is 3.79. The van der Waals surface area contributed by atoms with E-state index in [1.807, 2.05) is 52.0 Å². The lowest BCUT2D eigenvalue weighted by Crippen LogP contribution is -2.55. The van der Waals surface area contributed by atoms with Crippen molar-refractivity contribution in [1.29, 1.82) is 5.26 Å². The SMILES string of the molecule is COC(=O)C1=CO[C@@H](C)[C@@H]2CN3[C@H](C#N)Cc4c(n(C(=O)OC(C)(C)C)c5ccccc45)[C@@H]3C[C@H]12. The maximum atomic E-state index is 13.5. The maximum Gasteiger partial charge on any atom is 0.419 e. The Hall–Kier alpha value is -3.31.